The van der Waals surface area contributed by atoms with Gasteiger partial charge in [0.1, 0.15) is 0 Å². The molecule has 29 heavy (non-hydrogen) atoms. The fourth-order valence-corrected chi connectivity index (χ4v) is 3.72. The summed E-state index contributed by atoms with van der Waals surface area (Å²) >= 11 is 0. The van der Waals surface area contributed by atoms with Gasteiger partial charge in [0, 0.05) is 56.1 Å². The summed E-state index contributed by atoms with van der Waals surface area (Å²) in [7, 11) is 1.76. The molecule has 1 fully saturated rings. The van der Waals surface area contributed by atoms with Gasteiger partial charge in [0.25, 0.3) is 5.56 Å². The van der Waals surface area contributed by atoms with Crippen LogP contribution in [0.25, 0.3) is 11.3 Å². The standard InChI is InChI=1S/C21H24N6O2/c1-25-18(6-11-23-21(25)29)15-26-12-7-16(8-13-26)14-27-20(28)3-2-19(24-27)17-4-9-22-10-5-17/h2-6,9-11,16H,7-8,12-15H2,1H3. The van der Waals surface area contributed by atoms with Crippen molar-refractivity contribution in [3.05, 3.63) is 75.5 Å². The number of piperidine rings is 1. The van der Waals surface area contributed by atoms with E-state index in [1.165, 1.54) is 0 Å². The first-order valence-corrected chi connectivity index (χ1v) is 9.82. The van der Waals surface area contributed by atoms with Crippen LogP contribution in [0, 0.1) is 5.92 Å². The van der Waals surface area contributed by atoms with Crippen molar-refractivity contribution in [1.82, 2.24) is 29.2 Å². The Morgan fingerprint density at radius 3 is 2.52 bits per heavy atom. The van der Waals surface area contributed by atoms with Crippen LogP contribution in [0.5, 0.6) is 0 Å². The van der Waals surface area contributed by atoms with E-state index in [0.717, 1.165) is 49.4 Å². The van der Waals surface area contributed by atoms with Gasteiger partial charge in [-0.25, -0.2) is 14.5 Å². The van der Waals surface area contributed by atoms with Gasteiger partial charge in [0.15, 0.2) is 0 Å². The second-order valence-electron chi connectivity index (χ2n) is 7.47. The maximum absolute atomic E-state index is 12.3. The molecule has 3 aromatic heterocycles. The lowest BCUT2D eigenvalue weighted by molar-refractivity contribution is 0.160. The number of nitrogens with zero attached hydrogens (tertiary/aromatic N) is 6. The Hall–Kier alpha value is -3.13. The predicted octanol–water partition coefficient (Wildman–Crippen LogP) is 1.31. The first kappa shape index (κ1) is 19.2. The van der Waals surface area contributed by atoms with Crippen molar-refractivity contribution in [3.8, 4) is 11.3 Å². The largest absolute Gasteiger partial charge is 0.347 e. The molecule has 150 valence electrons. The molecule has 0 bridgehead atoms. The predicted molar refractivity (Wildman–Crippen MR) is 109 cm³/mol. The third-order valence-corrected chi connectivity index (χ3v) is 5.54. The van der Waals surface area contributed by atoms with Crippen LogP contribution in [-0.4, -0.2) is 42.3 Å². The molecule has 1 saturated heterocycles. The van der Waals surface area contributed by atoms with E-state index in [1.807, 2.05) is 18.2 Å². The van der Waals surface area contributed by atoms with Gasteiger partial charge in [-0.1, -0.05) is 0 Å². The molecule has 8 nitrogen and oxygen atoms in total. The van der Waals surface area contributed by atoms with Crippen molar-refractivity contribution in [2.75, 3.05) is 13.1 Å². The summed E-state index contributed by atoms with van der Waals surface area (Å²) in [5, 5.41) is 4.56. The van der Waals surface area contributed by atoms with Crippen molar-refractivity contribution in [2.45, 2.75) is 25.9 Å². The zero-order chi connectivity index (χ0) is 20.2. The molecule has 0 saturated carbocycles. The molecule has 8 heteroatoms. The van der Waals surface area contributed by atoms with E-state index in [0.29, 0.717) is 12.5 Å². The molecule has 1 aliphatic rings. The first-order valence-electron chi connectivity index (χ1n) is 9.82. The van der Waals surface area contributed by atoms with Gasteiger partial charge in [0.05, 0.1) is 5.69 Å². The molecule has 0 atom stereocenters. The highest BCUT2D eigenvalue weighted by Crippen LogP contribution is 2.20. The minimum absolute atomic E-state index is 0.0722. The Kier molecular flexibility index (Phi) is 5.62. The molecule has 4 heterocycles. The molecule has 0 aliphatic carbocycles. The summed E-state index contributed by atoms with van der Waals surface area (Å²) in [6.45, 7) is 3.22. The van der Waals surface area contributed by atoms with Gasteiger partial charge in [-0.3, -0.25) is 19.2 Å². The van der Waals surface area contributed by atoms with Gasteiger partial charge in [0.2, 0.25) is 0 Å². The zero-order valence-corrected chi connectivity index (χ0v) is 16.4. The van der Waals surface area contributed by atoms with Crippen molar-refractivity contribution < 1.29 is 0 Å². The number of hydrogen-bond donors (Lipinski definition) is 0. The van der Waals surface area contributed by atoms with Crippen LogP contribution < -0.4 is 11.2 Å². The van der Waals surface area contributed by atoms with Gasteiger partial charge in [-0.05, 0) is 56.1 Å². The number of likely N-dealkylation sites (tertiary alicyclic amines) is 1. The average Bonchev–Trinajstić information content (AvgIpc) is 2.75. The number of pyridine rings is 1. The van der Waals surface area contributed by atoms with Crippen LogP contribution in [0.15, 0.2) is 58.5 Å². The highest BCUT2D eigenvalue weighted by molar-refractivity contribution is 5.56. The third kappa shape index (κ3) is 4.48. The zero-order valence-electron chi connectivity index (χ0n) is 16.4. The number of hydrogen-bond acceptors (Lipinski definition) is 6. The third-order valence-electron chi connectivity index (χ3n) is 5.54. The molecule has 0 spiro atoms. The van der Waals surface area contributed by atoms with E-state index in [-0.39, 0.29) is 11.2 Å². The SMILES string of the molecule is Cn1c(CN2CCC(Cn3nc(-c4ccncc4)ccc3=O)CC2)ccnc1=O. The lowest BCUT2D eigenvalue weighted by Gasteiger charge is -2.32. The molecule has 0 N–H and O–H groups in total. The molecule has 0 radical (unpaired) electrons. The summed E-state index contributed by atoms with van der Waals surface area (Å²) < 4.78 is 3.18. The molecule has 0 amide bonds. The van der Waals surface area contributed by atoms with Crippen molar-refractivity contribution in [3.63, 3.8) is 0 Å². The molecule has 3 aromatic rings. The van der Waals surface area contributed by atoms with Gasteiger partial charge in [-0.2, -0.15) is 5.10 Å². The maximum Gasteiger partial charge on any atom is 0.347 e. The topological polar surface area (TPSA) is 85.9 Å². The lowest BCUT2D eigenvalue weighted by Crippen LogP contribution is -2.37. The second-order valence-corrected chi connectivity index (χ2v) is 7.47. The summed E-state index contributed by atoms with van der Waals surface area (Å²) in [5.74, 6) is 0.408. The van der Waals surface area contributed by atoms with Gasteiger partial charge < -0.3 is 0 Å². The van der Waals surface area contributed by atoms with Crippen molar-refractivity contribution in [1.29, 1.82) is 0 Å². The van der Waals surface area contributed by atoms with E-state index in [4.69, 9.17) is 0 Å². The summed E-state index contributed by atoms with van der Waals surface area (Å²) in [4.78, 5) is 34.1. The van der Waals surface area contributed by atoms with Gasteiger partial charge in [-0.15, -0.1) is 0 Å². The van der Waals surface area contributed by atoms with E-state index in [2.05, 4.69) is 20.0 Å². The maximum atomic E-state index is 12.3. The minimum Gasteiger partial charge on any atom is -0.298 e. The Bertz CT molecular complexity index is 1080. The number of rotatable bonds is 5. The quantitative estimate of drug-likeness (QED) is 0.651. The van der Waals surface area contributed by atoms with Crippen LogP contribution in [0.3, 0.4) is 0 Å². The highest BCUT2D eigenvalue weighted by atomic mass is 16.1. The van der Waals surface area contributed by atoms with Crippen LogP contribution in [0.4, 0.5) is 0 Å². The van der Waals surface area contributed by atoms with E-state index in [9.17, 15) is 9.59 Å². The monoisotopic (exact) mass is 392 g/mol. The van der Waals surface area contributed by atoms with Crippen LogP contribution in [0.2, 0.25) is 0 Å². The lowest BCUT2D eigenvalue weighted by atomic mass is 9.96. The number of aromatic nitrogens is 5. The Morgan fingerprint density at radius 2 is 1.76 bits per heavy atom. The first-order chi connectivity index (χ1) is 14.1. The molecular weight excluding hydrogens is 368 g/mol. The van der Waals surface area contributed by atoms with E-state index >= 15 is 0 Å². The van der Waals surface area contributed by atoms with Crippen LogP contribution in [0.1, 0.15) is 18.5 Å². The molecular formula is C21H24N6O2. The molecule has 1 aliphatic heterocycles. The Morgan fingerprint density at radius 1 is 1.00 bits per heavy atom. The molecule has 0 unspecified atom stereocenters. The average molecular weight is 392 g/mol. The smallest absolute Gasteiger partial charge is 0.298 e. The highest BCUT2D eigenvalue weighted by Gasteiger charge is 2.21. The Balaban J connectivity index is 1.39. The molecule has 4 rings (SSSR count). The summed E-state index contributed by atoms with van der Waals surface area (Å²) in [5.41, 5.74) is 2.40. The Labute approximate surface area is 168 Å². The summed E-state index contributed by atoms with van der Waals surface area (Å²) in [6.07, 6.45) is 7.00. The normalized spacial score (nSPS) is 15.5. The fourth-order valence-electron chi connectivity index (χ4n) is 3.72. The van der Waals surface area contributed by atoms with Crippen LogP contribution >= 0.6 is 0 Å². The van der Waals surface area contributed by atoms with Crippen molar-refractivity contribution in [2.24, 2.45) is 13.0 Å². The van der Waals surface area contributed by atoms with E-state index in [1.54, 1.807) is 47.0 Å². The van der Waals surface area contributed by atoms with E-state index < -0.39 is 0 Å². The van der Waals surface area contributed by atoms with Crippen LogP contribution in [-0.2, 0) is 20.1 Å². The fraction of sp³-hybridized carbons (Fsp3) is 0.381. The minimum atomic E-state index is -0.225. The van der Waals surface area contributed by atoms with Crippen molar-refractivity contribution >= 4 is 0 Å². The molecule has 0 aromatic carbocycles. The van der Waals surface area contributed by atoms with Gasteiger partial charge >= 0.3 is 5.69 Å². The summed E-state index contributed by atoms with van der Waals surface area (Å²) in [6, 6.07) is 9.02. The second kappa shape index (κ2) is 8.48.